The van der Waals surface area contributed by atoms with Gasteiger partial charge in [-0.2, -0.15) is 0 Å². The summed E-state index contributed by atoms with van der Waals surface area (Å²) in [6.07, 6.45) is 0. The summed E-state index contributed by atoms with van der Waals surface area (Å²) in [6, 6.07) is 28.3. The van der Waals surface area contributed by atoms with Crippen LogP contribution in [0.3, 0.4) is 0 Å². The molecule has 2 aromatic rings. The molecule has 0 heterocycles. The Labute approximate surface area is 125 Å². The van der Waals surface area contributed by atoms with Crippen LogP contribution in [0.1, 0.15) is 5.56 Å². The van der Waals surface area contributed by atoms with E-state index in [1.807, 2.05) is 0 Å². The van der Waals surface area contributed by atoms with E-state index in [0.717, 1.165) is 0 Å². The molecule has 0 aromatic heterocycles. The molecule has 0 aliphatic heterocycles. The van der Waals surface area contributed by atoms with Crippen LogP contribution in [0.15, 0.2) is 78.9 Å². The maximum atomic E-state index is 2.28. The second-order valence-corrected chi connectivity index (χ2v) is 5.56. The van der Waals surface area contributed by atoms with E-state index in [4.69, 9.17) is 0 Å². The number of fused-ring (bicyclic) bond motifs is 2. The van der Waals surface area contributed by atoms with Crippen molar-refractivity contribution < 1.29 is 0 Å². The fraction of sp³-hybridized carbons (Fsp3) is 0.0476. The third-order valence-electron chi connectivity index (χ3n) is 4.09. The van der Waals surface area contributed by atoms with Crippen molar-refractivity contribution in [1.29, 1.82) is 0 Å². The summed E-state index contributed by atoms with van der Waals surface area (Å²) in [6.45, 7) is 2.16. The summed E-state index contributed by atoms with van der Waals surface area (Å²) < 4.78 is 0. The van der Waals surface area contributed by atoms with Crippen molar-refractivity contribution in [1.82, 2.24) is 0 Å². The SMILES string of the molecule is Cc1cc2ccccc(-c3cccc4ccccc34)c-2c1. The third kappa shape index (κ3) is 2.00. The first kappa shape index (κ1) is 12.2. The number of rotatable bonds is 1. The first-order valence-corrected chi connectivity index (χ1v) is 7.30. The van der Waals surface area contributed by atoms with Gasteiger partial charge >= 0.3 is 0 Å². The maximum absolute atomic E-state index is 2.28. The van der Waals surface area contributed by atoms with E-state index in [9.17, 15) is 0 Å². The molecule has 21 heavy (non-hydrogen) atoms. The van der Waals surface area contributed by atoms with Gasteiger partial charge in [-0.3, -0.25) is 0 Å². The van der Waals surface area contributed by atoms with E-state index < -0.39 is 0 Å². The zero-order chi connectivity index (χ0) is 14.2. The van der Waals surface area contributed by atoms with Crippen molar-refractivity contribution in [2.75, 3.05) is 0 Å². The molecule has 0 N–H and O–H groups in total. The smallest absolute Gasteiger partial charge is 0.00991 e. The van der Waals surface area contributed by atoms with Gasteiger partial charge in [-0.05, 0) is 45.5 Å². The van der Waals surface area contributed by atoms with Gasteiger partial charge < -0.3 is 0 Å². The van der Waals surface area contributed by atoms with Crippen LogP contribution in [0.4, 0.5) is 0 Å². The van der Waals surface area contributed by atoms with Crippen molar-refractivity contribution in [2.24, 2.45) is 0 Å². The molecule has 2 aliphatic rings. The minimum Gasteiger partial charge on any atom is -0.0616 e. The van der Waals surface area contributed by atoms with Gasteiger partial charge in [0.25, 0.3) is 0 Å². The largest absolute Gasteiger partial charge is 0.0616 e. The molecule has 4 rings (SSSR count). The highest BCUT2D eigenvalue weighted by Gasteiger charge is 2.11. The highest BCUT2D eigenvalue weighted by Crippen LogP contribution is 2.37. The first-order valence-electron chi connectivity index (χ1n) is 7.30. The zero-order valence-electron chi connectivity index (χ0n) is 12.0. The average Bonchev–Trinajstić information content (AvgIpc) is 2.77. The van der Waals surface area contributed by atoms with Crippen LogP contribution in [-0.4, -0.2) is 0 Å². The molecule has 0 bridgehead atoms. The van der Waals surface area contributed by atoms with Gasteiger partial charge in [0.2, 0.25) is 0 Å². The van der Waals surface area contributed by atoms with Gasteiger partial charge in [-0.15, -0.1) is 0 Å². The third-order valence-corrected chi connectivity index (χ3v) is 4.09. The van der Waals surface area contributed by atoms with E-state index in [2.05, 4.69) is 85.8 Å². The number of benzene rings is 2. The second-order valence-electron chi connectivity index (χ2n) is 5.56. The fourth-order valence-electron chi connectivity index (χ4n) is 3.14. The Morgan fingerprint density at radius 1 is 0.571 bits per heavy atom. The predicted octanol–water partition coefficient (Wildman–Crippen LogP) is 5.92. The lowest BCUT2D eigenvalue weighted by molar-refractivity contribution is 1.55. The Balaban J connectivity index is 2.09. The lowest BCUT2D eigenvalue weighted by Gasteiger charge is -2.09. The quantitative estimate of drug-likeness (QED) is 0.402. The van der Waals surface area contributed by atoms with Crippen molar-refractivity contribution in [3.05, 3.63) is 84.4 Å². The average molecular weight is 268 g/mol. The van der Waals surface area contributed by atoms with Crippen molar-refractivity contribution in [3.8, 4) is 22.3 Å². The van der Waals surface area contributed by atoms with Crippen LogP contribution in [0, 0.1) is 6.92 Å². The lowest BCUT2D eigenvalue weighted by Crippen LogP contribution is -1.82. The normalized spacial score (nSPS) is 11.1. The van der Waals surface area contributed by atoms with Crippen molar-refractivity contribution in [2.45, 2.75) is 6.92 Å². The molecule has 0 saturated heterocycles. The molecule has 0 spiro atoms. The molecule has 0 amide bonds. The minimum atomic E-state index is 1.29. The summed E-state index contributed by atoms with van der Waals surface area (Å²) in [5.74, 6) is 0. The van der Waals surface area contributed by atoms with Gasteiger partial charge in [-0.1, -0.05) is 78.9 Å². The Morgan fingerprint density at radius 3 is 2.24 bits per heavy atom. The number of hydrogen-bond donors (Lipinski definition) is 0. The summed E-state index contributed by atoms with van der Waals surface area (Å²) in [5, 5.41) is 2.60. The minimum absolute atomic E-state index is 1.29. The Kier molecular flexibility index (Phi) is 2.75. The fourth-order valence-corrected chi connectivity index (χ4v) is 3.14. The van der Waals surface area contributed by atoms with Gasteiger partial charge in [-0.25, -0.2) is 0 Å². The molecule has 2 aromatic carbocycles. The van der Waals surface area contributed by atoms with Crippen LogP contribution in [0.5, 0.6) is 0 Å². The highest BCUT2D eigenvalue weighted by atomic mass is 14.1. The topological polar surface area (TPSA) is 0 Å². The maximum Gasteiger partial charge on any atom is -0.00991 e. The second kappa shape index (κ2) is 4.75. The molecule has 0 saturated carbocycles. The van der Waals surface area contributed by atoms with Crippen LogP contribution < -0.4 is 0 Å². The number of hydrogen-bond acceptors (Lipinski definition) is 0. The molecule has 100 valence electrons. The molecule has 0 heteroatoms. The Morgan fingerprint density at radius 2 is 1.29 bits per heavy atom. The summed E-state index contributed by atoms with van der Waals surface area (Å²) >= 11 is 0. The lowest BCUT2D eigenvalue weighted by atomic mass is 9.95. The predicted molar refractivity (Wildman–Crippen MR) is 90.7 cm³/mol. The molecular weight excluding hydrogens is 252 g/mol. The van der Waals surface area contributed by atoms with Gasteiger partial charge in [0.05, 0.1) is 0 Å². The molecule has 0 atom stereocenters. The van der Waals surface area contributed by atoms with Crippen LogP contribution in [0.2, 0.25) is 0 Å². The van der Waals surface area contributed by atoms with E-state index in [1.54, 1.807) is 0 Å². The van der Waals surface area contributed by atoms with E-state index in [0.29, 0.717) is 0 Å². The van der Waals surface area contributed by atoms with Gasteiger partial charge in [0.1, 0.15) is 0 Å². The molecule has 0 radical (unpaired) electrons. The molecule has 0 unspecified atom stereocenters. The van der Waals surface area contributed by atoms with Crippen LogP contribution in [-0.2, 0) is 0 Å². The number of aryl methyl sites for hydroxylation is 1. The molecule has 2 aliphatic carbocycles. The molecule has 0 fully saturated rings. The summed E-state index contributed by atoms with van der Waals surface area (Å²) in [4.78, 5) is 0. The Hall–Kier alpha value is -2.60. The highest BCUT2D eigenvalue weighted by molar-refractivity contribution is 6.00. The van der Waals surface area contributed by atoms with Crippen molar-refractivity contribution in [3.63, 3.8) is 0 Å². The molecule has 0 nitrogen and oxygen atoms in total. The standard InChI is InChI=1S/C21H16/c1-15-13-17-8-3-5-11-20(21(17)14-15)19-12-6-9-16-7-2-4-10-18(16)19/h2-14H,1H3. The monoisotopic (exact) mass is 268 g/mol. The molecular formula is C21H16. The van der Waals surface area contributed by atoms with E-state index in [1.165, 1.54) is 38.6 Å². The summed E-state index contributed by atoms with van der Waals surface area (Å²) in [7, 11) is 0. The van der Waals surface area contributed by atoms with Gasteiger partial charge in [0, 0.05) is 0 Å². The van der Waals surface area contributed by atoms with Crippen LogP contribution in [0.25, 0.3) is 33.0 Å². The zero-order valence-corrected chi connectivity index (χ0v) is 12.0. The van der Waals surface area contributed by atoms with Gasteiger partial charge in [0.15, 0.2) is 0 Å². The van der Waals surface area contributed by atoms with E-state index in [-0.39, 0.29) is 0 Å². The summed E-state index contributed by atoms with van der Waals surface area (Å²) in [5.41, 5.74) is 6.56. The van der Waals surface area contributed by atoms with Crippen molar-refractivity contribution >= 4 is 10.8 Å². The first-order chi connectivity index (χ1) is 10.3. The Bertz CT molecular complexity index is 897. The van der Waals surface area contributed by atoms with E-state index >= 15 is 0 Å². The van der Waals surface area contributed by atoms with Crippen LogP contribution >= 0.6 is 0 Å².